The zero-order chi connectivity index (χ0) is 20.6. The van der Waals surface area contributed by atoms with E-state index in [1.54, 1.807) is 41.5 Å². The van der Waals surface area contributed by atoms with Gasteiger partial charge in [-0.2, -0.15) is 0 Å². The Hall–Kier alpha value is -2.44. The maximum absolute atomic E-state index is 9.18. The molecule has 2 atom stereocenters. The zero-order valence-electron chi connectivity index (χ0n) is 16.3. The van der Waals surface area contributed by atoms with Gasteiger partial charge in [-0.15, -0.1) is 0 Å². The second-order valence-electron chi connectivity index (χ2n) is 6.25. The fourth-order valence-corrected chi connectivity index (χ4v) is 0.941. The van der Waals surface area contributed by atoms with Gasteiger partial charge >= 0.3 is 0 Å². The van der Waals surface area contributed by atoms with Crippen LogP contribution in [-0.4, -0.2) is 43.8 Å². The first-order valence-electron chi connectivity index (χ1n) is 8.02. The maximum atomic E-state index is 9.18. The van der Waals surface area contributed by atoms with Crippen molar-refractivity contribution in [2.24, 2.45) is 0 Å². The van der Waals surface area contributed by atoms with Crippen LogP contribution in [0.5, 0.6) is 0 Å². The van der Waals surface area contributed by atoms with Crippen molar-refractivity contribution in [1.29, 1.82) is 0 Å². The molecule has 0 rings (SSSR count). The van der Waals surface area contributed by atoms with Gasteiger partial charge in [-0.05, 0) is 65.8 Å². The summed E-state index contributed by atoms with van der Waals surface area (Å²) < 4.78 is 0. The summed E-state index contributed by atoms with van der Waals surface area (Å²) in [4.78, 5) is 0. The van der Waals surface area contributed by atoms with Crippen LogP contribution >= 0.6 is 0 Å². The van der Waals surface area contributed by atoms with Gasteiger partial charge in [0.25, 0.3) is 0 Å². The monoisotopic (exact) mass is 356 g/mol. The highest BCUT2D eigenvalue weighted by Gasteiger charge is 2.04. The molecule has 0 aromatic carbocycles. The molecule has 0 aromatic rings. The van der Waals surface area contributed by atoms with E-state index < -0.39 is 23.4 Å². The number of aliphatic hydroxyl groups excluding tert-OH is 2. The smallest absolute Gasteiger partial charge is 0.120 e. The van der Waals surface area contributed by atoms with Crippen LogP contribution in [0.15, 0.2) is 24.3 Å². The van der Waals surface area contributed by atoms with E-state index in [0.717, 1.165) is 0 Å². The lowest BCUT2D eigenvalue weighted by molar-refractivity contribution is 0.143. The highest BCUT2D eigenvalue weighted by atomic mass is 16.3. The molecular formula is C22H28O4. The van der Waals surface area contributed by atoms with Gasteiger partial charge < -0.3 is 20.4 Å². The van der Waals surface area contributed by atoms with Crippen molar-refractivity contribution in [3.8, 4) is 47.4 Å². The van der Waals surface area contributed by atoms with Crippen LogP contribution in [0.4, 0.5) is 0 Å². The summed E-state index contributed by atoms with van der Waals surface area (Å²) in [6.07, 6.45) is 4.90. The van der Waals surface area contributed by atoms with Crippen molar-refractivity contribution in [3.63, 3.8) is 0 Å². The van der Waals surface area contributed by atoms with E-state index in [-0.39, 0.29) is 0 Å². The van der Waals surface area contributed by atoms with E-state index in [1.165, 1.54) is 24.3 Å². The van der Waals surface area contributed by atoms with Crippen LogP contribution in [-0.2, 0) is 0 Å². The van der Waals surface area contributed by atoms with Crippen LogP contribution in [0.2, 0.25) is 0 Å². The van der Waals surface area contributed by atoms with Crippen LogP contribution in [0.25, 0.3) is 0 Å². The molecule has 0 aliphatic rings. The first-order chi connectivity index (χ1) is 11.8. The Morgan fingerprint density at radius 3 is 1.12 bits per heavy atom. The maximum Gasteiger partial charge on any atom is 0.120 e. The predicted molar refractivity (Wildman–Crippen MR) is 105 cm³/mol. The topological polar surface area (TPSA) is 80.9 Å². The number of rotatable bonds is 0. The average molecular weight is 356 g/mol. The molecule has 4 N–H and O–H groups in total. The summed E-state index contributed by atoms with van der Waals surface area (Å²) >= 11 is 0. The summed E-state index contributed by atoms with van der Waals surface area (Å²) in [6, 6.07) is 0. The van der Waals surface area contributed by atoms with E-state index in [0.29, 0.717) is 0 Å². The molecule has 0 saturated carbocycles. The summed E-state index contributed by atoms with van der Waals surface area (Å²) in [5, 5.41) is 35.9. The predicted octanol–water partition coefficient (Wildman–Crippen LogP) is 1.40. The van der Waals surface area contributed by atoms with E-state index in [2.05, 4.69) is 47.4 Å². The highest BCUT2D eigenvalue weighted by Crippen LogP contribution is 1.96. The first kappa shape index (κ1) is 25.8. The molecule has 0 aliphatic carbocycles. The van der Waals surface area contributed by atoms with Crippen LogP contribution in [0.1, 0.15) is 41.5 Å². The third-order valence-electron chi connectivity index (χ3n) is 1.84. The Morgan fingerprint density at radius 1 is 0.615 bits per heavy atom. The second-order valence-corrected chi connectivity index (χ2v) is 6.25. The van der Waals surface area contributed by atoms with Gasteiger partial charge in [-0.25, -0.2) is 0 Å². The van der Waals surface area contributed by atoms with E-state index in [1.807, 2.05) is 0 Å². The van der Waals surface area contributed by atoms with Crippen molar-refractivity contribution in [3.05, 3.63) is 24.3 Å². The van der Waals surface area contributed by atoms with Gasteiger partial charge in [0.15, 0.2) is 0 Å². The lowest BCUT2D eigenvalue weighted by Gasteiger charge is -2.04. The second kappa shape index (κ2) is 13.8. The molecular weight excluding hydrogens is 328 g/mol. The Balaban J connectivity index is 0. The molecule has 0 aliphatic heterocycles. The summed E-state index contributed by atoms with van der Waals surface area (Å²) in [7, 11) is 0. The molecule has 0 heterocycles. The number of aliphatic hydroxyl groups is 4. The standard InChI is InChI=1S/2C11H14O2/c2*1-10(12)8-6-4-5-7-9-11(2,3)13/h2*4-5,10,12-13H,1-3H3/b2*5-4+/t2*10-/m10/s1. The number of allylic oxidation sites excluding steroid dienone is 4. The molecule has 0 radical (unpaired) electrons. The van der Waals surface area contributed by atoms with Gasteiger partial charge in [0.2, 0.25) is 0 Å². The highest BCUT2D eigenvalue weighted by molar-refractivity contribution is 5.28. The van der Waals surface area contributed by atoms with E-state index in [9.17, 15) is 10.2 Å². The molecule has 140 valence electrons. The third kappa shape index (κ3) is 29.6. The number of hydrogen-bond donors (Lipinski definition) is 4. The van der Waals surface area contributed by atoms with Gasteiger partial charge in [0, 0.05) is 0 Å². The summed E-state index contributed by atoms with van der Waals surface area (Å²) in [5.41, 5.74) is -1.94. The fraction of sp³-hybridized carbons (Fsp3) is 0.455. The lowest BCUT2D eigenvalue weighted by Crippen LogP contribution is -2.14. The molecule has 4 heteroatoms. The molecule has 0 fully saturated rings. The van der Waals surface area contributed by atoms with Gasteiger partial charge in [0.1, 0.15) is 23.4 Å². The lowest BCUT2D eigenvalue weighted by atomic mass is 10.1. The molecule has 0 saturated heterocycles. The van der Waals surface area contributed by atoms with Crippen molar-refractivity contribution < 1.29 is 20.4 Å². The molecule has 0 amide bonds. The zero-order valence-corrected chi connectivity index (χ0v) is 16.3. The summed E-state index contributed by atoms with van der Waals surface area (Å²) in [5.74, 6) is 20.7. The summed E-state index contributed by atoms with van der Waals surface area (Å²) in [6.45, 7) is 9.60. The van der Waals surface area contributed by atoms with Crippen molar-refractivity contribution in [1.82, 2.24) is 0 Å². The van der Waals surface area contributed by atoms with Crippen molar-refractivity contribution in [2.75, 3.05) is 0 Å². The minimum atomic E-state index is -0.970. The van der Waals surface area contributed by atoms with Crippen molar-refractivity contribution in [2.45, 2.75) is 65.0 Å². The Labute approximate surface area is 157 Å². The number of hydrogen-bond acceptors (Lipinski definition) is 4. The quantitative estimate of drug-likeness (QED) is 0.495. The molecule has 4 nitrogen and oxygen atoms in total. The third-order valence-corrected chi connectivity index (χ3v) is 1.84. The van der Waals surface area contributed by atoms with Gasteiger partial charge in [-0.1, -0.05) is 47.4 Å². The minimum absolute atomic E-state index is 0.619. The van der Waals surface area contributed by atoms with Crippen molar-refractivity contribution >= 4 is 0 Å². The Bertz CT molecular complexity index is 632. The first-order valence-corrected chi connectivity index (χ1v) is 8.02. The fourth-order valence-electron chi connectivity index (χ4n) is 0.941. The molecule has 0 unspecified atom stereocenters. The molecule has 26 heavy (non-hydrogen) atoms. The van der Waals surface area contributed by atoms with Crippen LogP contribution < -0.4 is 0 Å². The Morgan fingerprint density at radius 2 is 0.885 bits per heavy atom. The van der Waals surface area contributed by atoms with Crippen LogP contribution in [0.3, 0.4) is 0 Å². The SMILES string of the molecule is C[C@@H](O)C#C/C=C/C#CC(C)(C)O.C[C@H](O)C#C/C=C/C#CC(C)(C)O. The molecule has 0 bridgehead atoms. The van der Waals surface area contributed by atoms with Crippen LogP contribution in [0, 0.1) is 47.4 Å². The normalized spacial score (nSPS) is 12.7. The molecule has 0 aromatic heterocycles. The molecule has 0 spiro atoms. The van der Waals surface area contributed by atoms with Gasteiger partial charge in [0.05, 0.1) is 0 Å². The van der Waals surface area contributed by atoms with E-state index in [4.69, 9.17) is 10.2 Å². The minimum Gasteiger partial charge on any atom is -0.381 e. The average Bonchev–Trinajstić information content (AvgIpc) is 2.44. The van der Waals surface area contributed by atoms with E-state index >= 15 is 0 Å². The Kier molecular flexibility index (Phi) is 13.7. The largest absolute Gasteiger partial charge is 0.381 e. The van der Waals surface area contributed by atoms with Gasteiger partial charge in [-0.3, -0.25) is 0 Å².